The first-order valence-electron chi connectivity index (χ1n) is 8.19. The number of unbranched alkanes of at least 4 members (excludes halogenated alkanes) is 1. The van der Waals surface area contributed by atoms with E-state index >= 15 is 0 Å². The fraction of sp³-hybridized carbons (Fsp3) is 0.353. The average molecular weight is 486 g/mol. The van der Waals surface area contributed by atoms with Gasteiger partial charge in [0.05, 0.1) is 8.95 Å². The average Bonchev–Trinajstić information content (AvgIpc) is 2.91. The summed E-state index contributed by atoms with van der Waals surface area (Å²) in [6.07, 6.45) is 1.76. The van der Waals surface area contributed by atoms with E-state index in [1.807, 2.05) is 25.1 Å². The Labute approximate surface area is 166 Å². The van der Waals surface area contributed by atoms with Gasteiger partial charge in [-0.25, -0.2) is 9.78 Å². The summed E-state index contributed by atoms with van der Waals surface area (Å²) in [5.74, 6) is 1.21. The number of benzene rings is 1. The van der Waals surface area contributed by atoms with Gasteiger partial charge in [-0.2, -0.15) is 0 Å². The number of imidazole rings is 1. The first-order valence-corrected chi connectivity index (χ1v) is 9.77. The largest absolute Gasteiger partial charge is 0.483 e. The van der Waals surface area contributed by atoms with Gasteiger partial charge in [0.1, 0.15) is 18.2 Å². The zero-order valence-electron chi connectivity index (χ0n) is 14.4. The molecule has 1 aromatic carbocycles. The molecule has 0 aliphatic heterocycles. The number of hydrogen-bond acceptors (Lipinski definition) is 4. The molecule has 0 amide bonds. The number of H-pyrrole nitrogens is 1. The Hall–Kier alpha value is -1.87. The van der Waals surface area contributed by atoms with Gasteiger partial charge in [0.25, 0.3) is 5.56 Å². The van der Waals surface area contributed by atoms with Crippen molar-refractivity contribution in [2.24, 2.45) is 7.05 Å². The van der Waals surface area contributed by atoms with E-state index in [-0.39, 0.29) is 6.61 Å². The molecule has 0 aliphatic carbocycles. The second-order valence-corrected chi connectivity index (χ2v) is 7.57. The van der Waals surface area contributed by atoms with Crippen LogP contribution >= 0.6 is 31.9 Å². The van der Waals surface area contributed by atoms with Crippen LogP contribution in [0.1, 0.15) is 25.6 Å². The maximum atomic E-state index is 12.3. The summed E-state index contributed by atoms with van der Waals surface area (Å²) in [5.41, 5.74) is -0.124. The number of ether oxygens (including phenoxy) is 1. The van der Waals surface area contributed by atoms with E-state index in [0.29, 0.717) is 29.3 Å². The van der Waals surface area contributed by atoms with Crippen molar-refractivity contribution in [1.82, 2.24) is 19.1 Å². The standard InChI is InChI=1S/C17H18Br2N4O3/c1-3-4-8-23-15-13(16(24)21-17(23)25)22(2)12(20-15)9-26-14-10(18)6-5-7-11(14)19/h5-7H,3-4,8-9H2,1-2H3,(H,21,24,25). The van der Waals surface area contributed by atoms with Gasteiger partial charge < -0.3 is 9.30 Å². The van der Waals surface area contributed by atoms with Crippen LogP contribution in [-0.4, -0.2) is 19.1 Å². The lowest BCUT2D eigenvalue weighted by atomic mass is 10.3. The van der Waals surface area contributed by atoms with Crippen LogP contribution in [0.3, 0.4) is 0 Å². The van der Waals surface area contributed by atoms with Gasteiger partial charge in [-0.05, 0) is 50.4 Å². The van der Waals surface area contributed by atoms with Crippen LogP contribution in [0.25, 0.3) is 11.2 Å². The van der Waals surface area contributed by atoms with E-state index < -0.39 is 11.2 Å². The molecule has 138 valence electrons. The monoisotopic (exact) mass is 484 g/mol. The van der Waals surface area contributed by atoms with Crippen LogP contribution in [-0.2, 0) is 20.2 Å². The molecule has 0 saturated heterocycles. The molecule has 26 heavy (non-hydrogen) atoms. The number of rotatable bonds is 6. The van der Waals surface area contributed by atoms with Crippen molar-refractivity contribution in [1.29, 1.82) is 0 Å². The molecule has 3 aromatic rings. The summed E-state index contributed by atoms with van der Waals surface area (Å²) in [4.78, 5) is 31.3. The van der Waals surface area contributed by atoms with Crippen molar-refractivity contribution in [2.75, 3.05) is 0 Å². The molecule has 2 heterocycles. The van der Waals surface area contributed by atoms with E-state index in [0.717, 1.165) is 21.8 Å². The Bertz CT molecular complexity index is 1050. The number of para-hydroxylation sites is 1. The van der Waals surface area contributed by atoms with Crippen LogP contribution in [0, 0.1) is 0 Å². The first kappa shape index (κ1) is 18.9. The van der Waals surface area contributed by atoms with E-state index in [9.17, 15) is 9.59 Å². The zero-order chi connectivity index (χ0) is 18.8. The van der Waals surface area contributed by atoms with Gasteiger partial charge >= 0.3 is 5.69 Å². The number of nitrogens with zero attached hydrogens (tertiary/aromatic N) is 3. The molecule has 0 radical (unpaired) electrons. The second-order valence-electron chi connectivity index (χ2n) is 5.86. The molecule has 0 saturated carbocycles. The topological polar surface area (TPSA) is 81.9 Å². The van der Waals surface area contributed by atoms with Gasteiger partial charge in [0.2, 0.25) is 0 Å². The molecule has 0 atom stereocenters. The first-order chi connectivity index (χ1) is 12.4. The molecule has 0 aliphatic rings. The van der Waals surface area contributed by atoms with Crippen molar-refractivity contribution >= 4 is 43.0 Å². The molecule has 0 bridgehead atoms. The molecule has 0 fully saturated rings. The highest BCUT2D eigenvalue weighted by Crippen LogP contribution is 2.33. The fourth-order valence-corrected chi connectivity index (χ4v) is 3.93. The Morgan fingerprint density at radius 1 is 1.23 bits per heavy atom. The third-order valence-electron chi connectivity index (χ3n) is 4.11. The Morgan fingerprint density at radius 3 is 2.58 bits per heavy atom. The molecule has 3 rings (SSSR count). The lowest BCUT2D eigenvalue weighted by Crippen LogP contribution is -2.31. The van der Waals surface area contributed by atoms with Crippen LogP contribution in [0.15, 0.2) is 36.7 Å². The minimum absolute atomic E-state index is 0.161. The van der Waals surface area contributed by atoms with E-state index in [1.165, 1.54) is 4.57 Å². The summed E-state index contributed by atoms with van der Waals surface area (Å²) < 4.78 is 10.7. The molecular formula is C17H18Br2N4O3. The Kier molecular flexibility index (Phi) is 5.67. The fourth-order valence-electron chi connectivity index (χ4n) is 2.70. The summed E-state index contributed by atoms with van der Waals surface area (Å²) in [6, 6.07) is 5.65. The predicted octanol–water partition coefficient (Wildman–Crippen LogP) is 3.33. The molecule has 7 nitrogen and oxygen atoms in total. The molecule has 0 unspecified atom stereocenters. The van der Waals surface area contributed by atoms with E-state index in [1.54, 1.807) is 11.6 Å². The third kappa shape index (κ3) is 3.50. The normalized spacial score (nSPS) is 11.2. The van der Waals surface area contributed by atoms with Gasteiger partial charge in [0, 0.05) is 13.6 Å². The van der Waals surface area contributed by atoms with Gasteiger partial charge in [0.15, 0.2) is 11.2 Å². The molecule has 9 heteroatoms. The number of aromatic nitrogens is 4. The highest BCUT2D eigenvalue weighted by Gasteiger charge is 2.17. The molecule has 1 N–H and O–H groups in total. The van der Waals surface area contributed by atoms with Gasteiger partial charge in [-0.1, -0.05) is 19.4 Å². The van der Waals surface area contributed by atoms with Crippen LogP contribution in [0.5, 0.6) is 5.75 Å². The van der Waals surface area contributed by atoms with Crippen molar-refractivity contribution in [3.8, 4) is 5.75 Å². The summed E-state index contributed by atoms with van der Waals surface area (Å²) in [7, 11) is 1.74. The van der Waals surface area contributed by atoms with E-state index in [4.69, 9.17) is 4.74 Å². The summed E-state index contributed by atoms with van der Waals surface area (Å²) in [5, 5.41) is 0. The minimum atomic E-state index is -0.443. The highest BCUT2D eigenvalue weighted by molar-refractivity contribution is 9.11. The number of hydrogen-bond donors (Lipinski definition) is 1. The van der Waals surface area contributed by atoms with Crippen LogP contribution < -0.4 is 16.0 Å². The van der Waals surface area contributed by atoms with Gasteiger partial charge in [-0.3, -0.25) is 14.3 Å². The highest BCUT2D eigenvalue weighted by atomic mass is 79.9. The number of aryl methyl sites for hydroxylation is 2. The lowest BCUT2D eigenvalue weighted by Gasteiger charge is -2.09. The maximum absolute atomic E-state index is 12.3. The second kappa shape index (κ2) is 7.79. The van der Waals surface area contributed by atoms with Crippen molar-refractivity contribution in [3.05, 3.63) is 53.8 Å². The minimum Gasteiger partial charge on any atom is -0.483 e. The maximum Gasteiger partial charge on any atom is 0.330 e. The predicted molar refractivity (Wildman–Crippen MR) is 107 cm³/mol. The van der Waals surface area contributed by atoms with E-state index in [2.05, 4.69) is 41.8 Å². The lowest BCUT2D eigenvalue weighted by molar-refractivity contribution is 0.288. The van der Waals surface area contributed by atoms with Crippen molar-refractivity contribution in [2.45, 2.75) is 32.9 Å². The Balaban J connectivity index is 2.02. The number of fused-ring (bicyclic) bond motifs is 1. The van der Waals surface area contributed by atoms with Crippen LogP contribution in [0.2, 0.25) is 0 Å². The van der Waals surface area contributed by atoms with Crippen LogP contribution in [0.4, 0.5) is 0 Å². The number of halogens is 2. The SMILES string of the molecule is CCCCn1c(=O)[nH]c(=O)c2c1nc(COc1c(Br)cccc1Br)n2C. The molecule has 2 aromatic heterocycles. The summed E-state index contributed by atoms with van der Waals surface area (Å²) in [6.45, 7) is 2.71. The number of aromatic amines is 1. The Morgan fingerprint density at radius 2 is 1.92 bits per heavy atom. The molecule has 0 spiro atoms. The van der Waals surface area contributed by atoms with Crippen molar-refractivity contribution in [3.63, 3.8) is 0 Å². The van der Waals surface area contributed by atoms with Gasteiger partial charge in [-0.15, -0.1) is 0 Å². The smallest absolute Gasteiger partial charge is 0.330 e. The third-order valence-corrected chi connectivity index (χ3v) is 5.35. The van der Waals surface area contributed by atoms with Crippen molar-refractivity contribution < 1.29 is 4.74 Å². The molecular weight excluding hydrogens is 468 g/mol. The quantitative estimate of drug-likeness (QED) is 0.580. The summed E-state index contributed by atoms with van der Waals surface area (Å²) >= 11 is 6.90. The number of nitrogens with one attached hydrogen (secondary N) is 1. The zero-order valence-corrected chi connectivity index (χ0v) is 17.6.